The van der Waals surface area contributed by atoms with Crippen molar-refractivity contribution >= 4 is 17.5 Å². The standard InChI is InChI=1S/C22H18ClF3N2O/c1-14-17(9-10-20(23)28-14)16-6-4-5-15(13-16)11-12-27-21(29)18-7-2-3-8-19(18)22(24,25)26/h2-10,13H,11-12H2,1H3,(H,27,29). The van der Waals surface area contributed by atoms with Gasteiger partial charge < -0.3 is 5.32 Å². The molecule has 1 N–H and O–H groups in total. The van der Waals surface area contributed by atoms with Gasteiger partial charge in [0.1, 0.15) is 5.15 Å². The van der Waals surface area contributed by atoms with Gasteiger partial charge in [0.25, 0.3) is 5.91 Å². The van der Waals surface area contributed by atoms with E-state index >= 15 is 0 Å². The highest BCUT2D eigenvalue weighted by molar-refractivity contribution is 6.29. The summed E-state index contributed by atoms with van der Waals surface area (Å²) in [6.45, 7) is 2.08. The van der Waals surface area contributed by atoms with Crippen molar-refractivity contribution in [1.29, 1.82) is 0 Å². The molecule has 0 fully saturated rings. The van der Waals surface area contributed by atoms with E-state index in [4.69, 9.17) is 11.6 Å². The summed E-state index contributed by atoms with van der Waals surface area (Å²) in [4.78, 5) is 16.5. The highest BCUT2D eigenvalue weighted by Gasteiger charge is 2.34. The lowest BCUT2D eigenvalue weighted by Gasteiger charge is -2.13. The first-order valence-corrected chi connectivity index (χ1v) is 9.30. The molecule has 1 aromatic heterocycles. The molecule has 0 saturated heterocycles. The van der Waals surface area contributed by atoms with Gasteiger partial charge in [0.15, 0.2) is 0 Å². The van der Waals surface area contributed by atoms with Crippen LogP contribution in [0.3, 0.4) is 0 Å². The second-order valence-electron chi connectivity index (χ2n) is 6.52. The summed E-state index contributed by atoms with van der Waals surface area (Å²) in [5.41, 5.74) is 2.33. The van der Waals surface area contributed by atoms with Crippen molar-refractivity contribution in [1.82, 2.24) is 10.3 Å². The Balaban J connectivity index is 1.68. The van der Waals surface area contributed by atoms with Crippen LogP contribution in [0.4, 0.5) is 13.2 Å². The Bertz CT molecular complexity index is 1030. The van der Waals surface area contributed by atoms with Crippen LogP contribution in [-0.4, -0.2) is 17.4 Å². The maximum Gasteiger partial charge on any atom is 0.417 e. The van der Waals surface area contributed by atoms with Crippen LogP contribution in [0.2, 0.25) is 5.15 Å². The van der Waals surface area contributed by atoms with Crippen LogP contribution in [0.1, 0.15) is 27.2 Å². The zero-order chi connectivity index (χ0) is 21.0. The Kier molecular flexibility index (Phi) is 6.23. The van der Waals surface area contributed by atoms with Gasteiger partial charge in [-0.1, -0.05) is 48.0 Å². The van der Waals surface area contributed by atoms with Crippen molar-refractivity contribution in [3.63, 3.8) is 0 Å². The molecule has 0 unspecified atom stereocenters. The van der Waals surface area contributed by atoms with Crippen molar-refractivity contribution in [2.45, 2.75) is 19.5 Å². The molecule has 1 heterocycles. The monoisotopic (exact) mass is 418 g/mol. The lowest BCUT2D eigenvalue weighted by Crippen LogP contribution is -2.28. The molecule has 3 aromatic rings. The van der Waals surface area contributed by atoms with Crippen molar-refractivity contribution < 1.29 is 18.0 Å². The Hall–Kier alpha value is -2.86. The van der Waals surface area contributed by atoms with Gasteiger partial charge in [-0.05, 0) is 48.7 Å². The number of amides is 1. The van der Waals surface area contributed by atoms with Gasteiger partial charge in [0, 0.05) is 17.8 Å². The molecule has 0 aliphatic rings. The number of carbonyl (C=O) groups is 1. The van der Waals surface area contributed by atoms with Crippen LogP contribution in [0.25, 0.3) is 11.1 Å². The van der Waals surface area contributed by atoms with Gasteiger partial charge >= 0.3 is 6.18 Å². The van der Waals surface area contributed by atoms with Crippen LogP contribution in [0.15, 0.2) is 60.7 Å². The molecule has 150 valence electrons. The maximum atomic E-state index is 13.1. The predicted molar refractivity (Wildman–Crippen MR) is 107 cm³/mol. The SMILES string of the molecule is Cc1nc(Cl)ccc1-c1cccc(CCNC(=O)c2ccccc2C(F)(F)F)c1. The molecule has 29 heavy (non-hydrogen) atoms. The van der Waals surface area contributed by atoms with E-state index in [1.54, 1.807) is 6.07 Å². The Labute approximate surface area is 171 Å². The van der Waals surface area contributed by atoms with Gasteiger partial charge in [-0.3, -0.25) is 4.79 Å². The minimum Gasteiger partial charge on any atom is -0.352 e. The molecule has 0 radical (unpaired) electrons. The van der Waals surface area contributed by atoms with E-state index in [1.165, 1.54) is 18.2 Å². The molecule has 3 rings (SSSR count). The molecule has 0 aliphatic carbocycles. The molecular weight excluding hydrogens is 401 g/mol. The molecule has 0 spiro atoms. The summed E-state index contributed by atoms with van der Waals surface area (Å²) in [6, 6.07) is 16.1. The van der Waals surface area contributed by atoms with Crippen LogP contribution < -0.4 is 5.32 Å². The fraction of sp³-hybridized carbons (Fsp3) is 0.182. The number of carbonyl (C=O) groups excluding carboxylic acids is 1. The fourth-order valence-corrected chi connectivity index (χ4v) is 3.26. The number of pyridine rings is 1. The van der Waals surface area contributed by atoms with Crippen molar-refractivity contribution in [3.8, 4) is 11.1 Å². The summed E-state index contributed by atoms with van der Waals surface area (Å²) in [7, 11) is 0. The van der Waals surface area contributed by atoms with E-state index < -0.39 is 17.6 Å². The number of nitrogens with one attached hydrogen (secondary N) is 1. The largest absolute Gasteiger partial charge is 0.417 e. The number of hydrogen-bond donors (Lipinski definition) is 1. The quantitative estimate of drug-likeness (QED) is 0.540. The number of alkyl halides is 3. The van der Waals surface area contributed by atoms with E-state index in [1.807, 2.05) is 37.3 Å². The summed E-state index contributed by atoms with van der Waals surface area (Å²) < 4.78 is 39.2. The third-order valence-electron chi connectivity index (χ3n) is 4.47. The first kappa shape index (κ1) is 20.9. The van der Waals surface area contributed by atoms with Crippen LogP contribution in [0.5, 0.6) is 0 Å². The van der Waals surface area contributed by atoms with Gasteiger partial charge in [0.2, 0.25) is 0 Å². The second kappa shape index (κ2) is 8.66. The Morgan fingerprint density at radius 1 is 1.07 bits per heavy atom. The van der Waals surface area contributed by atoms with E-state index in [2.05, 4.69) is 10.3 Å². The molecule has 0 aliphatic heterocycles. The summed E-state index contributed by atoms with van der Waals surface area (Å²) >= 11 is 5.90. The lowest BCUT2D eigenvalue weighted by molar-refractivity contribution is -0.137. The number of hydrogen-bond acceptors (Lipinski definition) is 2. The highest BCUT2D eigenvalue weighted by Crippen LogP contribution is 2.31. The molecule has 0 saturated carbocycles. The average Bonchev–Trinajstić information content (AvgIpc) is 2.67. The minimum absolute atomic E-state index is 0.215. The normalized spacial score (nSPS) is 11.3. The topological polar surface area (TPSA) is 42.0 Å². The van der Waals surface area contributed by atoms with E-state index in [0.717, 1.165) is 28.5 Å². The number of rotatable bonds is 5. The van der Waals surface area contributed by atoms with Crippen LogP contribution in [0, 0.1) is 6.92 Å². The number of nitrogens with zero attached hydrogens (tertiary/aromatic N) is 1. The van der Waals surface area contributed by atoms with Crippen molar-refractivity contribution in [3.05, 3.63) is 88.2 Å². The number of halogens is 4. The van der Waals surface area contributed by atoms with Crippen LogP contribution >= 0.6 is 11.6 Å². The van der Waals surface area contributed by atoms with E-state index in [9.17, 15) is 18.0 Å². The predicted octanol–water partition coefficient (Wildman–Crippen LogP) is 5.70. The zero-order valence-corrected chi connectivity index (χ0v) is 16.3. The number of aromatic nitrogens is 1. The maximum absolute atomic E-state index is 13.1. The van der Waals surface area contributed by atoms with Gasteiger partial charge in [0.05, 0.1) is 11.1 Å². The lowest BCUT2D eigenvalue weighted by atomic mass is 10.0. The molecule has 3 nitrogen and oxygen atoms in total. The molecule has 1 amide bonds. The summed E-state index contributed by atoms with van der Waals surface area (Å²) in [5.74, 6) is -0.744. The fourth-order valence-electron chi connectivity index (χ4n) is 3.07. The summed E-state index contributed by atoms with van der Waals surface area (Å²) in [6.07, 6.45) is -4.10. The summed E-state index contributed by atoms with van der Waals surface area (Å²) in [5, 5.41) is 2.99. The first-order valence-electron chi connectivity index (χ1n) is 8.92. The van der Waals surface area contributed by atoms with E-state index in [-0.39, 0.29) is 12.1 Å². The molecule has 0 bridgehead atoms. The van der Waals surface area contributed by atoms with Crippen molar-refractivity contribution in [2.75, 3.05) is 6.54 Å². The van der Waals surface area contributed by atoms with Crippen molar-refractivity contribution in [2.24, 2.45) is 0 Å². The third kappa shape index (κ3) is 5.15. The van der Waals surface area contributed by atoms with Gasteiger partial charge in [-0.15, -0.1) is 0 Å². The molecular formula is C22H18ClF3N2O. The molecule has 7 heteroatoms. The highest BCUT2D eigenvalue weighted by atomic mass is 35.5. The molecule has 0 atom stereocenters. The Morgan fingerprint density at radius 2 is 1.83 bits per heavy atom. The van der Waals surface area contributed by atoms with Crippen LogP contribution in [-0.2, 0) is 12.6 Å². The molecule has 2 aromatic carbocycles. The Morgan fingerprint density at radius 3 is 2.55 bits per heavy atom. The first-order chi connectivity index (χ1) is 13.8. The average molecular weight is 419 g/mol. The van der Waals surface area contributed by atoms with Gasteiger partial charge in [-0.25, -0.2) is 4.98 Å². The van der Waals surface area contributed by atoms with Gasteiger partial charge in [-0.2, -0.15) is 13.2 Å². The van der Waals surface area contributed by atoms with E-state index in [0.29, 0.717) is 11.6 Å². The number of benzene rings is 2. The second-order valence-corrected chi connectivity index (χ2v) is 6.90. The zero-order valence-electron chi connectivity index (χ0n) is 15.6. The third-order valence-corrected chi connectivity index (χ3v) is 4.68. The smallest absolute Gasteiger partial charge is 0.352 e. The minimum atomic E-state index is -4.58. The number of aryl methyl sites for hydroxylation is 1.